The van der Waals surface area contributed by atoms with Crippen LogP contribution in [-0.2, 0) is 12.9 Å². The second kappa shape index (κ2) is 3.22. The fourth-order valence-electron chi connectivity index (χ4n) is 1.14. The summed E-state index contributed by atoms with van der Waals surface area (Å²) in [7, 11) is 1.92. The van der Waals surface area contributed by atoms with E-state index in [-0.39, 0.29) is 0 Å². The van der Waals surface area contributed by atoms with E-state index in [1.165, 1.54) is 0 Å². The van der Waals surface area contributed by atoms with E-state index in [0.717, 1.165) is 17.2 Å². The molecule has 0 atom stereocenters. The Balaban J connectivity index is 2.41. The number of nitrogens with zero attached hydrogens (tertiary/aromatic N) is 3. The molecule has 13 heavy (non-hydrogen) atoms. The van der Waals surface area contributed by atoms with Gasteiger partial charge in [0.1, 0.15) is 5.69 Å². The number of aromatic amines is 1. The summed E-state index contributed by atoms with van der Waals surface area (Å²) >= 11 is 5.65. The molecule has 0 fully saturated rings. The van der Waals surface area contributed by atoms with Gasteiger partial charge in [0.2, 0.25) is 0 Å². The van der Waals surface area contributed by atoms with Crippen LogP contribution in [0.5, 0.6) is 0 Å². The molecule has 0 saturated heterocycles. The lowest BCUT2D eigenvalue weighted by Crippen LogP contribution is -1.90. The number of imidazole rings is 2. The molecule has 0 spiro atoms. The molecule has 0 aliphatic carbocycles. The number of hydrogen-bond donors (Lipinski definition) is 1. The number of alkyl halides is 1. The van der Waals surface area contributed by atoms with Crippen LogP contribution in [0.1, 0.15) is 5.69 Å². The summed E-state index contributed by atoms with van der Waals surface area (Å²) in [5, 5.41) is 0. The second-order valence-corrected chi connectivity index (χ2v) is 3.05. The Morgan fingerprint density at radius 1 is 1.54 bits per heavy atom. The van der Waals surface area contributed by atoms with Crippen LogP contribution < -0.4 is 0 Å². The van der Waals surface area contributed by atoms with Gasteiger partial charge in [-0.3, -0.25) is 0 Å². The number of nitrogens with one attached hydrogen (secondary N) is 1. The highest BCUT2D eigenvalue weighted by Gasteiger charge is 2.05. The Kier molecular flexibility index (Phi) is 2.06. The molecule has 2 aromatic heterocycles. The third kappa shape index (κ3) is 1.45. The van der Waals surface area contributed by atoms with Gasteiger partial charge in [-0.1, -0.05) is 0 Å². The van der Waals surface area contributed by atoms with E-state index < -0.39 is 0 Å². The van der Waals surface area contributed by atoms with E-state index in [0.29, 0.717) is 5.88 Å². The first-order valence-electron chi connectivity index (χ1n) is 3.88. The first-order valence-corrected chi connectivity index (χ1v) is 4.41. The quantitative estimate of drug-likeness (QED) is 0.741. The molecule has 0 unspecified atom stereocenters. The maximum atomic E-state index is 5.65. The molecule has 2 heterocycles. The summed E-state index contributed by atoms with van der Waals surface area (Å²) in [5.41, 5.74) is 1.87. The molecule has 0 saturated carbocycles. The second-order valence-electron chi connectivity index (χ2n) is 2.78. The predicted molar refractivity (Wildman–Crippen MR) is 50.3 cm³/mol. The number of aryl methyl sites for hydroxylation is 1. The average Bonchev–Trinajstić information content (AvgIpc) is 2.71. The zero-order chi connectivity index (χ0) is 9.26. The van der Waals surface area contributed by atoms with E-state index in [9.17, 15) is 0 Å². The highest BCUT2D eigenvalue weighted by Crippen LogP contribution is 2.14. The van der Waals surface area contributed by atoms with Crippen molar-refractivity contribution >= 4 is 11.6 Å². The van der Waals surface area contributed by atoms with Gasteiger partial charge in [-0.2, -0.15) is 0 Å². The van der Waals surface area contributed by atoms with E-state index in [1.807, 2.05) is 11.6 Å². The SMILES string of the molecule is Cn1cncc1-c1ncc(CCl)[nH]1. The Labute approximate surface area is 80.6 Å². The van der Waals surface area contributed by atoms with Gasteiger partial charge in [-0.25, -0.2) is 9.97 Å². The van der Waals surface area contributed by atoms with Crippen molar-refractivity contribution in [1.29, 1.82) is 0 Å². The number of rotatable bonds is 2. The van der Waals surface area contributed by atoms with Crippen LogP contribution in [0.2, 0.25) is 0 Å². The van der Waals surface area contributed by atoms with Crippen molar-refractivity contribution in [3.8, 4) is 11.5 Å². The highest BCUT2D eigenvalue weighted by molar-refractivity contribution is 6.16. The van der Waals surface area contributed by atoms with E-state index >= 15 is 0 Å². The van der Waals surface area contributed by atoms with Crippen LogP contribution in [0.25, 0.3) is 11.5 Å². The van der Waals surface area contributed by atoms with Crippen LogP contribution >= 0.6 is 11.6 Å². The largest absolute Gasteiger partial charge is 0.340 e. The van der Waals surface area contributed by atoms with Crippen LogP contribution in [0.3, 0.4) is 0 Å². The van der Waals surface area contributed by atoms with Crippen LogP contribution in [-0.4, -0.2) is 19.5 Å². The number of H-pyrrole nitrogens is 1. The number of aromatic nitrogens is 4. The fraction of sp³-hybridized carbons (Fsp3) is 0.250. The predicted octanol–water partition coefficient (Wildman–Crippen LogP) is 1.55. The van der Waals surface area contributed by atoms with Crippen molar-refractivity contribution in [3.05, 3.63) is 24.4 Å². The Hall–Kier alpha value is -1.29. The minimum absolute atomic E-state index is 0.449. The topological polar surface area (TPSA) is 46.5 Å². The minimum Gasteiger partial charge on any atom is -0.340 e. The lowest BCUT2D eigenvalue weighted by molar-refractivity contribution is 0.912. The summed E-state index contributed by atoms with van der Waals surface area (Å²) < 4.78 is 1.90. The normalized spacial score (nSPS) is 10.6. The molecule has 0 amide bonds. The van der Waals surface area contributed by atoms with Crippen LogP contribution in [0.15, 0.2) is 18.7 Å². The standard InChI is InChI=1S/C8H9ClN4/c1-13-5-10-4-7(13)8-11-3-6(2-9)12-8/h3-5H,2H2,1H3,(H,11,12). The van der Waals surface area contributed by atoms with Crippen molar-refractivity contribution < 1.29 is 0 Å². The van der Waals surface area contributed by atoms with Crippen molar-refractivity contribution in [1.82, 2.24) is 19.5 Å². The zero-order valence-corrected chi connectivity index (χ0v) is 7.91. The first kappa shape index (κ1) is 8.31. The molecule has 68 valence electrons. The summed E-state index contributed by atoms with van der Waals surface area (Å²) in [6, 6.07) is 0. The number of hydrogen-bond acceptors (Lipinski definition) is 2. The van der Waals surface area contributed by atoms with Gasteiger partial charge in [-0.15, -0.1) is 11.6 Å². The van der Waals surface area contributed by atoms with E-state index in [4.69, 9.17) is 11.6 Å². The van der Waals surface area contributed by atoms with Gasteiger partial charge in [-0.05, 0) is 0 Å². The molecule has 1 N–H and O–H groups in total. The van der Waals surface area contributed by atoms with Gasteiger partial charge >= 0.3 is 0 Å². The van der Waals surface area contributed by atoms with Gasteiger partial charge in [0.15, 0.2) is 5.82 Å². The van der Waals surface area contributed by atoms with Gasteiger partial charge in [0, 0.05) is 18.9 Å². The average molecular weight is 197 g/mol. The van der Waals surface area contributed by atoms with Crippen molar-refractivity contribution in [2.24, 2.45) is 7.05 Å². The monoisotopic (exact) mass is 196 g/mol. The maximum Gasteiger partial charge on any atom is 0.155 e. The smallest absolute Gasteiger partial charge is 0.155 e. The lowest BCUT2D eigenvalue weighted by atomic mass is 10.4. The number of halogens is 1. The maximum absolute atomic E-state index is 5.65. The summed E-state index contributed by atoms with van der Waals surface area (Å²) in [6.45, 7) is 0. The minimum atomic E-state index is 0.449. The Morgan fingerprint density at radius 2 is 2.38 bits per heavy atom. The molecule has 5 heteroatoms. The fourth-order valence-corrected chi connectivity index (χ4v) is 1.28. The van der Waals surface area contributed by atoms with Gasteiger partial charge in [0.05, 0.1) is 18.4 Å². The van der Waals surface area contributed by atoms with Crippen molar-refractivity contribution in [2.75, 3.05) is 0 Å². The van der Waals surface area contributed by atoms with Crippen LogP contribution in [0.4, 0.5) is 0 Å². The Bertz CT molecular complexity index is 404. The summed E-state index contributed by atoms with van der Waals surface area (Å²) in [4.78, 5) is 11.3. The third-order valence-corrected chi connectivity index (χ3v) is 2.12. The molecule has 0 aromatic carbocycles. The third-order valence-electron chi connectivity index (χ3n) is 1.83. The molecular weight excluding hydrogens is 188 g/mol. The van der Waals surface area contributed by atoms with Crippen molar-refractivity contribution in [2.45, 2.75) is 5.88 Å². The first-order chi connectivity index (χ1) is 6.31. The molecule has 0 aliphatic heterocycles. The van der Waals surface area contributed by atoms with Gasteiger partial charge < -0.3 is 9.55 Å². The molecule has 4 nitrogen and oxygen atoms in total. The lowest BCUT2D eigenvalue weighted by Gasteiger charge is -1.96. The zero-order valence-electron chi connectivity index (χ0n) is 7.16. The molecule has 2 aromatic rings. The van der Waals surface area contributed by atoms with E-state index in [2.05, 4.69) is 15.0 Å². The van der Waals surface area contributed by atoms with Crippen LogP contribution in [0, 0.1) is 0 Å². The van der Waals surface area contributed by atoms with Crippen molar-refractivity contribution in [3.63, 3.8) is 0 Å². The Morgan fingerprint density at radius 3 is 2.92 bits per heavy atom. The molecular formula is C8H9ClN4. The summed E-state index contributed by atoms with van der Waals surface area (Å²) in [6.07, 6.45) is 5.23. The molecule has 0 bridgehead atoms. The van der Waals surface area contributed by atoms with Gasteiger partial charge in [0.25, 0.3) is 0 Å². The molecule has 0 aliphatic rings. The summed E-state index contributed by atoms with van der Waals surface area (Å²) in [5.74, 6) is 1.25. The molecule has 0 radical (unpaired) electrons. The van der Waals surface area contributed by atoms with E-state index in [1.54, 1.807) is 18.7 Å². The highest BCUT2D eigenvalue weighted by atomic mass is 35.5. The molecule has 2 rings (SSSR count).